The van der Waals surface area contributed by atoms with Crippen molar-refractivity contribution in [2.45, 2.75) is 125 Å². The van der Waals surface area contributed by atoms with Crippen LogP contribution in [-0.4, -0.2) is 59.3 Å². The molecule has 7 rings (SSSR count). The van der Waals surface area contributed by atoms with Gasteiger partial charge in [-0.3, -0.25) is 38.4 Å². The molecule has 388 valence electrons. The Morgan fingerprint density at radius 3 is 0.726 bits per heavy atom. The summed E-state index contributed by atoms with van der Waals surface area (Å²) in [5.41, 5.74) is 3.42. The largest absolute Gasteiger partial charge is 0.426 e. The summed E-state index contributed by atoms with van der Waals surface area (Å²) < 4.78 is 48.8. The van der Waals surface area contributed by atoms with E-state index in [1.165, 1.54) is 78.9 Å². The molecule has 0 radical (unpaired) electrons. The van der Waals surface area contributed by atoms with Gasteiger partial charge < -0.3 is 37.9 Å². The van der Waals surface area contributed by atoms with E-state index in [1.54, 1.807) is 52.0 Å². The molecule has 4 unspecified atom stereocenters. The number of esters is 8. The van der Waals surface area contributed by atoms with E-state index in [0.717, 1.165) is 0 Å². The number of carbonyl (C=O) groups excluding carboxylic acids is 8. The van der Waals surface area contributed by atoms with Crippen LogP contribution in [0.15, 0.2) is 33.2 Å². The zero-order valence-electron chi connectivity index (χ0n) is 42.3. The smallest absolute Gasteiger partial charge is 0.308 e. The molecule has 16 nitrogen and oxygen atoms in total. The van der Waals surface area contributed by atoms with Gasteiger partial charge in [-0.2, -0.15) is 23.5 Å². The number of thioether (sulfide) groups is 2. The first-order valence-corrected chi connectivity index (χ1v) is 27.0. The first kappa shape index (κ1) is 56.6. The number of rotatable bonds is 8. The Morgan fingerprint density at radius 2 is 0.534 bits per heavy atom. The number of halogens is 2. The summed E-state index contributed by atoms with van der Waals surface area (Å²) in [5.74, 6) is -7.83. The van der Waals surface area contributed by atoms with Gasteiger partial charge in [0.2, 0.25) is 0 Å². The van der Waals surface area contributed by atoms with Gasteiger partial charge >= 0.3 is 47.8 Å². The second kappa shape index (κ2) is 23.7. The summed E-state index contributed by atoms with van der Waals surface area (Å²) in [6.07, 6.45) is 0.623. The number of hydrogen-bond acceptors (Lipinski definition) is 18. The third-order valence-electron chi connectivity index (χ3n) is 12.0. The van der Waals surface area contributed by atoms with Gasteiger partial charge in [0.05, 0.1) is 0 Å². The second-order valence-electron chi connectivity index (χ2n) is 17.5. The fourth-order valence-electron chi connectivity index (χ4n) is 8.97. The highest BCUT2D eigenvalue weighted by Crippen LogP contribution is 2.57. The molecule has 4 aromatic carbocycles. The molecule has 73 heavy (non-hydrogen) atoms. The maximum absolute atomic E-state index is 13.3. The van der Waals surface area contributed by atoms with Gasteiger partial charge in [-0.1, -0.05) is 27.7 Å². The first-order chi connectivity index (χ1) is 34.3. The molecule has 2 heterocycles. The predicted octanol–water partition coefficient (Wildman–Crippen LogP) is 11.4. The van der Waals surface area contributed by atoms with Crippen LogP contribution in [0.1, 0.15) is 169 Å². The molecule has 0 fully saturated rings. The Balaban J connectivity index is 2.02. The molecular formula is C53H54Br2O16S2. The molecule has 0 saturated carbocycles. The highest BCUT2D eigenvalue weighted by Gasteiger charge is 2.38. The SMILES string of the molecule is CC(=O)Oc1c2cc(c(OC(C)=O)c1Br)C(C)c1cc3c(OC(C)=O)c(c1OC(C)=O)CSCCCSCc1c(OC(C)=O)c(cc(c1OC(C)=O)C(C)c1cc(c(OC(C)=O)c(Br)c1OC(C)=O)C3C)C2C. The molecule has 20 heteroatoms. The van der Waals surface area contributed by atoms with E-state index in [4.69, 9.17) is 37.9 Å². The maximum Gasteiger partial charge on any atom is 0.308 e. The van der Waals surface area contributed by atoms with E-state index in [9.17, 15) is 38.4 Å². The third-order valence-corrected chi connectivity index (χ3v) is 15.6. The maximum atomic E-state index is 13.3. The molecule has 2 aliphatic heterocycles. The van der Waals surface area contributed by atoms with Crippen LogP contribution in [0, 0.1) is 0 Å². The minimum Gasteiger partial charge on any atom is -0.426 e. The molecule has 0 amide bonds. The van der Waals surface area contributed by atoms with E-state index < -0.39 is 71.4 Å². The van der Waals surface area contributed by atoms with Crippen LogP contribution in [0.25, 0.3) is 0 Å². The topological polar surface area (TPSA) is 210 Å². The zero-order valence-corrected chi connectivity index (χ0v) is 47.1. The number of benzene rings is 4. The summed E-state index contributed by atoms with van der Waals surface area (Å²) >= 11 is 10.2. The number of fused-ring (bicyclic) bond motifs is 6. The van der Waals surface area contributed by atoms with Gasteiger partial charge in [0, 0.05) is 146 Å². The zero-order chi connectivity index (χ0) is 53.9. The Labute approximate surface area is 447 Å². The average Bonchev–Trinajstić information content (AvgIpc) is 3.27. The van der Waals surface area contributed by atoms with Crippen LogP contribution in [-0.2, 0) is 49.9 Å². The normalized spacial score (nSPS) is 17.2. The fourth-order valence-corrected chi connectivity index (χ4v) is 12.3. The van der Waals surface area contributed by atoms with E-state index in [-0.39, 0.29) is 66.4 Å². The summed E-state index contributed by atoms with van der Waals surface area (Å²) in [7, 11) is 0. The number of hydrogen-bond donors (Lipinski definition) is 0. The lowest BCUT2D eigenvalue weighted by Crippen LogP contribution is -2.19. The standard InChI is InChI=1S/C53H54Br2O16S2/c1-22-34-16-35-23(2)40-19-41(53(71-33(12)63)45(55)52(40)70-32(11)62)25(4)37-17-36(24(3)39-18-38(22)50(68-30(9)60)44(54)51(39)69-31(10)61)48(66-28(7)58)43(49(37)67-29(8)59)21-73-15-13-14-72-20-42(46(34)64-26(5)56)47(35)65-27(6)57/h16-19,22-25H,13-15,20-21H2,1-12H3. The number of ether oxygens (including phenoxy) is 8. The predicted molar refractivity (Wildman–Crippen MR) is 279 cm³/mol. The third kappa shape index (κ3) is 12.5. The average molecular weight is 1170 g/mol. The van der Waals surface area contributed by atoms with Crippen molar-refractivity contribution in [2.24, 2.45) is 0 Å². The minimum atomic E-state index is -0.895. The Hall–Kier alpha value is -5.70. The van der Waals surface area contributed by atoms with Gasteiger partial charge in [-0.05, 0) is 74.1 Å². The lowest BCUT2D eigenvalue weighted by atomic mass is 9.79. The van der Waals surface area contributed by atoms with Crippen molar-refractivity contribution in [3.8, 4) is 46.0 Å². The molecule has 0 N–H and O–H groups in total. The monoisotopic (exact) mass is 1170 g/mol. The minimum absolute atomic E-state index is 0.0466. The van der Waals surface area contributed by atoms with Crippen molar-refractivity contribution < 1.29 is 76.3 Å². The highest BCUT2D eigenvalue weighted by atomic mass is 79.9. The Kier molecular flexibility index (Phi) is 18.3. The molecule has 1 aliphatic carbocycles. The molecule has 10 bridgehead atoms. The van der Waals surface area contributed by atoms with Gasteiger partial charge in [-0.15, -0.1) is 0 Å². The lowest BCUT2D eigenvalue weighted by molar-refractivity contribution is -0.133. The van der Waals surface area contributed by atoms with Crippen LogP contribution >= 0.6 is 55.4 Å². The van der Waals surface area contributed by atoms with Crippen molar-refractivity contribution >= 4 is 103 Å². The summed E-state index contributed by atoms with van der Waals surface area (Å²) in [6, 6.07) is 6.78. The van der Waals surface area contributed by atoms with E-state index >= 15 is 0 Å². The molecule has 4 atom stereocenters. The van der Waals surface area contributed by atoms with Gasteiger partial charge in [0.25, 0.3) is 0 Å². The van der Waals surface area contributed by atoms with Crippen LogP contribution in [0.5, 0.6) is 46.0 Å². The number of carbonyl (C=O) groups is 8. The summed E-state index contributed by atoms with van der Waals surface area (Å²) in [4.78, 5) is 106. The van der Waals surface area contributed by atoms with E-state index in [2.05, 4.69) is 31.9 Å². The second-order valence-corrected chi connectivity index (χ2v) is 21.3. The van der Waals surface area contributed by atoms with Crippen LogP contribution in [0.4, 0.5) is 0 Å². The van der Waals surface area contributed by atoms with Crippen molar-refractivity contribution in [3.63, 3.8) is 0 Å². The Bertz CT molecular complexity index is 2610. The Morgan fingerprint density at radius 1 is 0.356 bits per heavy atom. The van der Waals surface area contributed by atoms with Crippen LogP contribution < -0.4 is 37.9 Å². The van der Waals surface area contributed by atoms with E-state index in [1.807, 2.05) is 0 Å². The summed E-state index contributed by atoms with van der Waals surface area (Å²) in [6.45, 7) is 16.9. The van der Waals surface area contributed by atoms with Gasteiger partial charge in [0.15, 0.2) is 23.0 Å². The van der Waals surface area contributed by atoms with Gasteiger partial charge in [0.1, 0.15) is 31.9 Å². The van der Waals surface area contributed by atoms with Crippen molar-refractivity contribution in [1.29, 1.82) is 0 Å². The van der Waals surface area contributed by atoms with E-state index in [0.29, 0.717) is 73.6 Å². The molecule has 0 spiro atoms. The summed E-state index contributed by atoms with van der Waals surface area (Å²) in [5, 5.41) is 0. The fraction of sp³-hybridized carbons (Fsp3) is 0.396. The van der Waals surface area contributed by atoms with Crippen molar-refractivity contribution in [2.75, 3.05) is 11.5 Å². The van der Waals surface area contributed by atoms with Crippen molar-refractivity contribution in [3.05, 3.63) is 88.8 Å². The first-order valence-electron chi connectivity index (χ1n) is 23.1. The quantitative estimate of drug-likeness (QED) is 0.119. The molecule has 3 aliphatic rings. The molecular weight excluding hydrogens is 1120 g/mol. The molecule has 4 aromatic rings. The van der Waals surface area contributed by atoms with Crippen LogP contribution in [0.3, 0.4) is 0 Å². The van der Waals surface area contributed by atoms with Gasteiger partial charge in [-0.25, -0.2) is 0 Å². The van der Waals surface area contributed by atoms with Crippen LogP contribution in [0.2, 0.25) is 0 Å². The van der Waals surface area contributed by atoms with Crippen molar-refractivity contribution in [1.82, 2.24) is 0 Å². The lowest BCUT2D eigenvalue weighted by Gasteiger charge is -2.31. The highest BCUT2D eigenvalue weighted by molar-refractivity contribution is 9.11. The molecule has 0 aromatic heterocycles. The molecule has 0 saturated heterocycles.